The van der Waals surface area contributed by atoms with Crippen molar-refractivity contribution in [1.82, 2.24) is 10.3 Å². The molecule has 0 spiro atoms. The number of aliphatic hydroxyl groups excluding tert-OH is 1. The number of aromatic nitrogens is 1. The van der Waals surface area contributed by atoms with E-state index >= 15 is 0 Å². The number of fused-ring (bicyclic) bond motifs is 1. The fourth-order valence-electron chi connectivity index (χ4n) is 3.33. The van der Waals surface area contributed by atoms with E-state index < -0.39 is 0 Å². The molecule has 6 heteroatoms. The van der Waals surface area contributed by atoms with Gasteiger partial charge in [0.15, 0.2) is 11.5 Å². The number of amides is 1. The highest BCUT2D eigenvalue weighted by Gasteiger charge is 2.35. The molecule has 25 heavy (non-hydrogen) atoms. The van der Waals surface area contributed by atoms with Crippen molar-refractivity contribution in [2.45, 2.75) is 31.4 Å². The summed E-state index contributed by atoms with van der Waals surface area (Å²) in [7, 11) is 0. The van der Waals surface area contributed by atoms with Gasteiger partial charge in [0.1, 0.15) is 0 Å². The third-order valence-corrected chi connectivity index (χ3v) is 4.83. The molecule has 2 aromatic rings. The molecule has 2 aliphatic rings. The number of hydrogen-bond acceptors (Lipinski definition) is 5. The largest absolute Gasteiger partial charge is 0.454 e. The van der Waals surface area contributed by atoms with E-state index in [2.05, 4.69) is 10.3 Å². The maximum absolute atomic E-state index is 12.7. The molecule has 6 nitrogen and oxygen atoms in total. The first-order valence-corrected chi connectivity index (χ1v) is 8.47. The van der Waals surface area contributed by atoms with Crippen molar-refractivity contribution in [3.8, 4) is 11.5 Å². The van der Waals surface area contributed by atoms with Gasteiger partial charge in [-0.3, -0.25) is 9.78 Å². The summed E-state index contributed by atoms with van der Waals surface area (Å²) in [5.74, 6) is 1.35. The normalized spacial score (nSPS) is 22.1. The quantitative estimate of drug-likeness (QED) is 0.869. The fourth-order valence-corrected chi connectivity index (χ4v) is 3.33. The molecular weight excluding hydrogens is 320 g/mol. The van der Waals surface area contributed by atoms with Crippen LogP contribution in [0.5, 0.6) is 11.5 Å². The Morgan fingerprint density at radius 3 is 2.84 bits per heavy atom. The topological polar surface area (TPSA) is 80.7 Å². The number of benzene rings is 1. The molecule has 130 valence electrons. The first-order valence-electron chi connectivity index (χ1n) is 8.47. The average Bonchev–Trinajstić information content (AvgIpc) is 3.07. The van der Waals surface area contributed by atoms with Crippen LogP contribution < -0.4 is 14.8 Å². The van der Waals surface area contributed by atoms with Crippen molar-refractivity contribution in [1.29, 1.82) is 0 Å². The van der Waals surface area contributed by atoms with Crippen LogP contribution in [0.2, 0.25) is 0 Å². The van der Waals surface area contributed by atoms with Crippen LogP contribution in [0.3, 0.4) is 0 Å². The molecule has 0 bridgehead atoms. The first-order chi connectivity index (χ1) is 12.2. The van der Waals surface area contributed by atoms with E-state index in [0.717, 1.165) is 5.69 Å². The molecule has 2 heterocycles. The van der Waals surface area contributed by atoms with Gasteiger partial charge < -0.3 is 19.9 Å². The number of ether oxygens (including phenoxy) is 2. The fraction of sp³-hybridized carbons (Fsp3) is 0.368. The standard InChI is InChI=1S/C19H20N2O4/c22-15-7-13(8-15)16(10-14-3-1-2-6-20-14)21-19(23)12-4-5-17-18(9-12)25-11-24-17/h1-6,9,13,15-16,22H,7-8,10-11H2,(H,21,23). The Balaban J connectivity index is 1.48. The lowest BCUT2D eigenvalue weighted by Gasteiger charge is -2.38. The van der Waals surface area contributed by atoms with Gasteiger partial charge in [0.25, 0.3) is 5.91 Å². The Labute approximate surface area is 145 Å². The minimum atomic E-state index is -0.265. The van der Waals surface area contributed by atoms with E-state index in [0.29, 0.717) is 36.3 Å². The third-order valence-electron chi connectivity index (χ3n) is 4.83. The van der Waals surface area contributed by atoms with Gasteiger partial charge in [-0.1, -0.05) is 6.07 Å². The van der Waals surface area contributed by atoms with Gasteiger partial charge in [0.05, 0.1) is 6.10 Å². The Bertz CT molecular complexity index is 759. The molecular formula is C19H20N2O4. The van der Waals surface area contributed by atoms with Crippen LogP contribution in [0, 0.1) is 5.92 Å². The molecule has 1 atom stereocenters. The summed E-state index contributed by atoms with van der Waals surface area (Å²) in [4.78, 5) is 17.0. The van der Waals surface area contributed by atoms with Crippen LogP contribution in [0.1, 0.15) is 28.9 Å². The highest BCUT2D eigenvalue weighted by molar-refractivity contribution is 5.95. The molecule has 1 unspecified atom stereocenters. The van der Waals surface area contributed by atoms with Crippen molar-refractivity contribution >= 4 is 5.91 Å². The Morgan fingerprint density at radius 2 is 2.08 bits per heavy atom. The van der Waals surface area contributed by atoms with Crippen molar-refractivity contribution < 1.29 is 19.4 Å². The number of carbonyl (C=O) groups is 1. The minimum Gasteiger partial charge on any atom is -0.454 e. The van der Waals surface area contributed by atoms with E-state index in [1.807, 2.05) is 18.2 Å². The molecule has 1 saturated carbocycles. The highest BCUT2D eigenvalue weighted by Crippen LogP contribution is 2.34. The molecule has 0 saturated heterocycles. The van der Waals surface area contributed by atoms with E-state index in [1.165, 1.54) is 0 Å². The highest BCUT2D eigenvalue weighted by atomic mass is 16.7. The van der Waals surface area contributed by atoms with Gasteiger partial charge in [-0.05, 0) is 49.1 Å². The van der Waals surface area contributed by atoms with Gasteiger partial charge in [0.2, 0.25) is 6.79 Å². The van der Waals surface area contributed by atoms with Crippen LogP contribution in [0.25, 0.3) is 0 Å². The number of carbonyl (C=O) groups excluding carboxylic acids is 1. The van der Waals surface area contributed by atoms with Crippen molar-refractivity contribution in [2.75, 3.05) is 6.79 Å². The number of aliphatic hydroxyl groups is 1. The van der Waals surface area contributed by atoms with Crippen LogP contribution in [0.15, 0.2) is 42.6 Å². The van der Waals surface area contributed by atoms with Gasteiger partial charge >= 0.3 is 0 Å². The lowest BCUT2D eigenvalue weighted by molar-refractivity contribution is 0.0238. The van der Waals surface area contributed by atoms with E-state index in [4.69, 9.17) is 9.47 Å². The van der Waals surface area contributed by atoms with E-state index in [1.54, 1.807) is 24.4 Å². The summed E-state index contributed by atoms with van der Waals surface area (Å²) in [6.45, 7) is 0.183. The number of pyridine rings is 1. The van der Waals surface area contributed by atoms with Crippen molar-refractivity contribution in [3.05, 3.63) is 53.9 Å². The lowest BCUT2D eigenvalue weighted by atomic mass is 9.76. The number of nitrogens with zero attached hydrogens (tertiary/aromatic N) is 1. The van der Waals surface area contributed by atoms with Crippen LogP contribution >= 0.6 is 0 Å². The van der Waals surface area contributed by atoms with Gasteiger partial charge in [-0.25, -0.2) is 0 Å². The monoisotopic (exact) mass is 340 g/mol. The summed E-state index contributed by atoms with van der Waals surface area (Å²) in [5.41, 5.74) is 1.47. The molecule has 2 N–H and O–H groups in total. The van der Waals surface area contributed by atoms with Gasteiger partial charge in [-0.15, -0.1) is 0 Å². The molecule has 1 aromatic heterocycles. The number of nitrogens with one attached hydrogen (secondary N) is 1. The first kappa shape index (κ1) is 15.9. The molecule has 1 amide bonds. The SMILES string of the molecule is O=C(NC(Cc1ccccn1)C1CC(O)C1)c1ccc2c(c1)OCO2. The minimum absolute atomic E-state index is 0.0591. The lowest BCUT2D eigenvalue weighted by Crippen LogP contribution is -2.48. The second-order valence-electron chi connectivity index (χ2n) is 6.56. The molecule has 0 radical (unpaired) electrons. The van der Waals surface area contributed by atoms with Crippen molar-refractivity contribution in [2.24, 2.45) is 5.92 Å². The number of hydrogen-bond donors (Lipinski definition) is 2. The predicted molar refractivity (Wildman–Crippen MR) is 90.5 cm³/mol. The Kier molecular flexibility index (Phi) is 4.28. The zero-order valence-electron chi connectivity index (χ0n) is 13.7. The van der Waals surface area contributed by atoms with Crippen molar-refractivity contribution in [3.63, 3.8) is 0 Å². The molecule has 1 aliphatic heterocycles. The maximum Gasteiger partial charge on any atom is 0.251 e. The van der Waals surface area contributed by atoms with Crippen LogP contribution in [-0.2, 0) is 6.42 Å². The second-order valence-corrected chi connectivity index (χ2v) is 6.56. The Hall–Kier alpha value is -2.60. The zero-order valence-corrected chi connectivity index (χ0v) is 13.7. The summed E-state index contributed by atoms with van der Waals surface area (Å²) in [6.07, 6.45) is 3.55. The summed E-state index contributed by atoms with van der Waals surface area (Å²) < 4.78 is 10.6. The predicted octanol–water partition coefficient (Wildman–Crippen LogP) is 1.92. The average molecular weight is 340 g/mol. The van der Waals surface area contributed by atoms with Gasteiger partial charge in [0, 0.05) is 29.9 Å². The third kappa shape index (κ3) is 3.44. The summed E-state index contributed by atoms with van der Waals surface area (Å²) in [5, 5.41) is 12.7. The maximum atomic E-state index is 12.7. The van der Waals surface area contributed by atoms with Crippen LogP contribution in [0.4, 0.5) is 0 Å². The molecule has 1 aromatic carbocycles. The van der Waals surface area contributed by atoms with E-state index in [9.17, 15) is 9.90 Å². The van der Waals surface area contributed by atoms with Crippen LogP contribution in [-0.4, -0.2) is 34.9 Å². The molecule has 4 rings (SSSR count). The summed E-state index contributed by atoms with van der Waals surface area (Å²) >= 11 is 0. The zero-order chi connectivity index (χ0) is 17.2. The molecule has 1 aliphatic carbocycles. The molecule has 1 fully saturated rings. The number of rotatable bonds is 5. The second kappa shape index (κ2) is 6.72. The van der Waals surface area contributed by atoms with Gasteiger partial charge in [-0.2, -0.15) is 0 Å². The smallest absolute Gasteiger partial charge is 0.251 e. The summed E-state index contributed by atoms with van der Waals surface area (Å²) in [6, 6.07) is 10.9. The van der Waals surface area contributed by atoms with E-state index in [-0.39, 0.29) is 30.8 Å². The Morgan fingerprint density at radius 1 is 1.24 bits per heavy atom.